The lowest BCUT2D eigenvalue weighted by Gasteiger charge is -2.09. The predicted molar refractivity (Wildman–Crippen MR) is 114 cm³/mol. The van der Waals surface area contributed by atoms with Gasteiger partial charge in [0.25, 0.3) is 0 Å². The molecule has 27 heavy (non-hydrogen) atoms. The van der Waals surface area contributed by atoms with Crippen LogP contribution < -0.4 is 5.32 Å². The van der Waals surface area contributed by atoms with Gasteiger partial charge in [0, 0.05) is 28.4 Å². The van der Waals surface area contributed by atoms with Crippen molar-refractivity contribution in [2.45, 2.75) is 41.9 Å². The maximum absolute atomic E-state index is 12.3. The Hall–Kier alpha value is -1.49. The van der Waals surface area contributed by atoms with Gasteiger partial charge in [0.05, 0.1) is 0 Å². The number of thioether (sulfide) groups is 2. The van der Waals surface area contributed by atoms with Crippen LogP contribution >= 0.6 is 46.2 Å². The van der Waals surface area contributed by atoms with Crippen LogP contribution in [0.15, 0.2) is 27.0 Å². The van der Waals surface area contributed by atoms with Crippen molar-refractivity contribution in [1.82, 2.24) is 20.2 Å². The fourth-order valence-electron chi connectivity index (χ4n) is 2.43. The number of amides is 1. The van der Waals surface area contributed by atoms with E-state index in [2.05, 4.69) is 36.9 Å². The molecule has 0 saturated heterocycles. The number of hydrogen-bond acceptors (Lipinski definition) is 9. The molecule has 0 aliphatic carbocycles. The Morgan fingerprint density at radius 2 is 2.00 bits per heavy atom. The summed E-state index contributed by atoms with van der Waals surface area (Å²) in [5.74, 6) is 0.791. The molecule has 0 unspecified atom stereocenters. The molecular formula is C17H19N5OS4. The molecule has 0 bridgehead atoms. The second-order valence-electron chi connectivity index (χ2n) is 5.65. The Bertz CT molecular complexity index is 887. The molecule has 0 aliphatic rings. The Kier molecular flexibility index (Phi) is 7.22. The molecule has 3 rings (SSSR count). The van der Waals surface area contributed by atoms with Gasteiger partial charge in [-0.05, 0) is 43.5 Å². The lowest BCUT2D eigenvalue weighted by atomic mass is 10.1. The van der Waals surface area contributed by atoms with E-state index in [1.54, 1.807) is 23.1 Å². The van der Waals surface area contributed by atoms with Crippen molar-refractivity contribution in [3.8, 4) is 0 Å². The van der Waals surface area contributed by atoms with Crippen LogP contribution in [-0.4, -0.2) is 32.3 Å². The third-order valence-corrected chi connectivity index (χ3v) is 7.38. The van der Waals surface area contributed by atoms with Crippen LogP contribution in [0, 0.1) is 13.8 Å². The van der Waals surface area contributed by atoms with Crippen LogP contribution in [0.25, 0.3) is 0 Å². The van der Waals surface area contributed by atoms with Crippen LogP contribution in [0.3, 0.4) is 0 Å². The van der Waals surface area contributed by atoms with Gasteiger partial charge in [0.1, 0.15) is 0 Å². The number of nitrogens with zero attached hydrogens (tertiary/aromatic N) is 4. The van der Waals surface area contributed by atoms with Crippen LogP contribution in [-0.2, 0) is 17.0 Å². The van der Waals surface area contributed by atoms with Crippen molar-refractivity contribution in [3.05, 3.63) is 39.3 Å². The second-order valence-corrected chi connectivity index (χ2v) is 9.65. The largest absolute Gasteiger partial charge is 0.300 e. The number of aryl methyl sites for hydroxylation is 2. The van der Waals surface area contributed by atoms with Gasteiger partial charge in [-0.3, -0.25) is 4.79 Å². The van der Waals surface area contributed by atoms with Crippen LogP contribution in [0.1, 0.15) is 28.2 Å². The van der Waals surface area contributed by atoms with Gasteiger partial charge in [-0.2, -0.15) is 0 Å². The number of carbonyl (C=O) groups excluding carboxylic acids is 1. The lowest BCUT2D eigenvalue weighted by Crippen LogP contribution is -2.13. The Morgan fingerprint density at radius 1 is 1.22 bits per heavy atom. The highest BCUT2D eigenvalue weighted by Gasteiger charge is 2.13. The van der Waals surface area contributed by atoms with Gasteiger partial charge in [-0.1, -0.05) is 40.9 Å². The highest BCUT2D eigenvalue weighted by Crippen LogP contribution is 2.29. The number of carbonyl (C=O) groups is 1. The summed E-state index contributed by atoms with van der Waals surface area (Å²) in [6.07, 6.45) is 2.92. The van der Waals surface area contributed by atoms with E-state index in [1.807, 2.05) is 26.2 Å². The van der Waals surface area contributed by atoms with E-state index in [4.69, 9.17) is 0 Å². The fraction of sp³-hybridized carbons (Fsp3) is 0.353. The first-order chi connectivity index (χ1) is 13.0. The first kappa shape index (κ1) is 20.2. The van der Waals surface area contributed by atoms with Gasteiger partial charge >= 0.3 is 0 Å². The van der Waals surface area contributed by atoms with Crippen LogP contribution in [0.4, 0.5) is 5.13 Å². The molecule has 3 aromatic rings. The van der Waals surface area contributed by atoms with E-state index < -0.39 is 0 Å². The molecule has 0 atom stereocenters. The highest BCUT2D eigenvalue weighted by atomic mass is 32.2. The van der Waals surface area contributed by atoms with Crippen molar-refractivity contribution >= 4 is 57.2 Å². The van der Waals surface area contributed by atoms with E-state index in [0.29, 0.717) is 18.0 Å². The summed E-state index contributed by atoms with van der Waals surface area (Å²) in [5, 5.41) is 14.4. The molecule has 0 aromatic carbocycles. The molecule has 1 N–H and O–H groups in total. The number of nitrogens with one attached hydrogen (secondary N) is 1. The van der Waals surface area contributed by atoms with E-state index in [-0.39, 0.29) is 5.91 Å². The molecule has 1 amide bonds. The van der Waals surface area contributed by atoms with Crippen molar-refractivity contribution in [2.75, 3.05) is 11.6 Å². The first-order valence-corrected chi connectivity index (χ1v) is 12.1. The molecule has 0 radical (unpaired) electrons. The summed E-state index contributed by atoms with van der Waals surface area (Å²) in [4.78, 5) is 22.5. The molecule has 6 nitrogen and oxygen atoms in total. The van der Waals surface area contributed by atoms with Gasteiger partial charge < -0.3 is 5.32 Å². The molecular weight excluding hydrogens is 418 g/mol. The van der Waals surface area contributed by atoms with E-state index in [9.17, 15) is 4.79 Å². The molecule has 0 fully saturated rings. The zero-order valence-electron chi connectivity index (χ0n) is 15.2. The average molecular weight is 438 g/mol. The summed E-state index contributed by atoms with van der Waals surface area (Å²) in [5.41, 5.74) is 2.90. The summed E-state index contributed by atoms with van der Waals surface area (Å²) in [6, 6.07) is 4.14. The van der Waals surface area contributed by atoms with Crippen LogP contribution in [0.2, 0.25) is 0 Å². The maximum Gasteiger partial charge on any atom is 0.226 e. The Balaban J connectivity index is 1.51. The number of aromatic nitrogens is 4. The molecule has 3 aromatic heterocycles. The van der Waals surface area contributed by atoms with Crippen molar-refractivity contribution in [1.29, 1.82) is 0 Å². The predicted octanol–water partition coefficient (Wildman–Crippen LogP) is 4.59. The second kappa shape index (κ2) is 9.63. The number of thiophene rings is 1. The van der Waals surface area contributed by atoms with Crippen LogP contribution in [0.5, 0.6) is 0 Å². The van der Waals surface area contributed by atoms with Crippen molar-refractivity contribution in [3.63, 3.8) is 0 Å². The quantitative estimate of drug-likeness (QED) is 0.313. The van der Waals surface area contributed by atoms with Crippen molar-refractivity contribution in [2.24, 2.45) is 0 Å². The topological polar surface area (TPSA) is 80.7 Å². The molecule has 0 aliphatic heterocycles. The van der Waals surface area contributed by atoms with Gasteiger partial charge in [0.15, 0.2) is 9.50 Å². The minimum atomic E-state index is -0.0753. The summed E-state index contributed by atoms with van der Waals surface area (Å²) in [7, 11) is 0. The maximum atomic E-state index is 12.3. The third-order valence-electron chi connectivity index (χ3n) is 3.76. The Morgan fingerprint density at radius 3 is 2.67 bits per heavy atom. The van der Waals surface area contributed by atoms with Gasteiger partial charge in [0.2, 0.25) is 11.0 Å². The monoisotopic (exact) mass is 437 g/mol. The molecule has 0 saturated carbocycles. The lowest BCUT2D eigenvalue weighted by molar-refractivity contribution is -0.116. The normalized spacial score (nSPS) is 10.9. The minimum absolute atomic E-state index is 0.0753. The standard InChI is InChI=1S/C17H19N5OS4/c1-10-13(11(2)19-15(18-10)24-3)6-7-14(23)20-16-21-22-17(27-16)26-9-12-5-4-8-25-12/h4-5,8H,6-7,9H2,1-3H3,(H,20,21,23). The third kappa shape index (κ3) is 5.74. The zero-order chi connectivity index (χ0) is 19.2. The van der Waals surface area contributed by atoms with E-state index in [0.717, 1.165) is 32.2 Å². The average Bonchev–Trinajstić information content (AvgIpc) is 3.30. The number of anilines is 1. The first-order valence-electron chi connectivity index (χ1n) is 8.22. The number of hydrogen-bond donors (Lipinski definition) is 1. The van der Waals surface area contributed by atoms with Gasteiger partial charge in [-0.25, -0.2) is 9.97 Å². The summed E-state index contributed by atoms with van der Waals surface area (Å²) < 4.78 is 0.853. The van der Waals surface area contributed by atoms with Gasteiger partial charge in [-0.15, -0.1) is 21.5 Å². The van der Waals surface area contributed by atoms with E-state index >= 15 is 0 Å². The molecule has 10 heteroatoms. The number of rotatable bonds is 8. The zero-order valence-corrected chi connectivity index (χ0v) is 18.4. The summed E-state index contributed by atoms with van der Waals surface area (Å²) >= 11 is 6.27. The molecule has 142 valence electrons. The SMILES string of the molecule is CSc1nc(C)c(CCC(=O)Nc2nnc(SCc3cccs3)s2)c(C)n1. The highest BCUT2D eigenvalue weighted by molar-refractivity contribution is 8.00. The minimum Gasteiger partial charge on any atom is -0.300 e. The van der Waals surface area contributed by atoms with E-state index in [1.165, 1.54) is 28.0 Å². The molecule has 0 spiro atoms. The van der Waals surface area contributed by atoms with Crippen molar-refractivity contribution < 1.29 is 4.79 Å². The summed E-state index contributed by atoms with van der Waals surface area (Å²) in [6.45, 7) is 3.92. The molecule has 3 heterocycles. The smallest absolute Gasteiger partial charge is 0.226 e. The Labute approximate surface area is 174 Å². The fourth-order valence-corrected chi connectivity index (χ4v) is 5.43.